The highest BCUT2D eigenvalue weighted by Gasteiger charge is 2.18. The molecule has 2 amide bonds. The zero-order valence-electron chi connectivity index (χ0n) is 12.4. The predicted octanol–water partition coefficient (Wildman–Crippen LogP) is 3.98. The first-order valence-electron chi connectivity index (χ1n) is 6.74. The van der Waals surface area contributed by atoms with E-state index in [1.807, 2.05) is 0 Å². The first-order chi connectivity index (χ1) is 11.3. The lowest BCUT2D eigenvalue weighted by molar-refractivity contribution is -0.116. The zero-order chi connectivity index (χ0) is 17.9. The van der Waals surface area contributed by atoms with Crippen molar-refractivity contribution in [3.63, 3.8) is 0 Å². The van der Waals surface area contributed by atoms with Crippen molar-refractivity contribution in [2.24, 2.45) is 0 Å². The van der Waals surface area contributed by atoms with E-state index >= 15 is 0 Å². The Kier molecular flexibility index (Phi) is 5.75. The maximum atomic E-state index is 13.2. The Balaban J connectivity index is 2.05. The standard InChI is InChI=1S/C16H12Cl2F2N2O2/c1-22(16(24)9-5-6-12(19)13(20)7-9)8-14(23)21-15-10(17)3-2-4-11(15)18/h2-7H,8H2,1H3,(H,21,23). The van der Waals surface area contributed by atoms with Gasteiger partial charge in [-0.2, -0.15) is 0 Å². The number of nitrogens with one attached hydrogen (secondary N) is 1. The van der Waals surface area contributed by atoms with Crippen molar-refractivity contribution in [3.8, 4) is 0 Å². The number of rotatable bonds is 4. The Bertz CT molecular complexity index is 779. The van der Waals surface area contributed by atoms with Crippen molar-refractivity contribution in [2.45, 2.75) is 0 Å². The van der Waals surface area contributed by atoms with Crippen molar-refractivity contribution >= 4 is 40.7 Å². The summed E-state index contributed by atoms with van der Waals surface area (Å²) in [4.78, 5) is 25.2. The minimum atomic E-state index is -1.14. The van der Waals surface area contributed by atoms with Gasteiger partial charge in [0, 0.05) is 12.6 Å². The first-order valence-corrected chi connectivity index (χ1v) is 7.49. The Morgan fingerprint density at radius 1 is 1.08 bits per heavy atom. The van der Waals surface area contributed by atoms with E-state index < -0.39 is 23.4 Å². The first kappa shape index (κ1) is 18.2. The molecule has 0 atom stereocenters. The van der Waals surface area contributed by atoms with Crippen LogP contribution in [-0.2, 0) is 4.79 Å². The van der Waals surface area contributed by atoms with Crippen LogP contribution in [0.1, 0.15) is 10.4 Å². The fraction of sp³-hybridized carbons (Fsp3) is 0.125. The summed E-state index contributed by atoms with van der Waals surface area (Å²) in [6.07, 6.45) is 0. The lowest BCUT2D eigenvalue weighted by atomic mass is 10.2. The third-order valence-electron chi connectivity index (χ3n) is 3.12. The van der Waals surface area contributed by atoms with Crippen molar-refractivity contribution < 1.29 is 18.4 Å². The van der Waals surface area contributed by atoms with Crippen LogP contribution in [0.5, 0.6) is 0 Å². The summed E-state index contributed by atoms with van der Waals surface area (Å²) in [6, 6.07) is 7.49. The molecule has 126 valence electrons. The predicted molar refractivity (Wildman–Crippen MR) is 88.4 cm³/mol. The highest BCUT2D eigenvalue weighted by atomic mass is 35.5. The highest BCUT2D eigenvalue weighted by molar-refractivity contribution is 6.39. The monoisotopic (exact) mass is 372 g/mol. The number of likely N-dealkylation sites (N-methyl/N-ethyl adjacent to an activating group) is 1. The number of halogens is 4. The summed E-state index contributed by atoms with van der Waals surface area (Å²) in [6.45, 7) is -0.320. The van der Waals surface area contributed by atoms with Crippen molar-refractivity contribution in [1.29, 1.82) is 0 Å². The molecular formula is C16H12Cl2F2N2O2. The van der Waals surface area contributed by atoms with Crippen LogP contribution < -0.4 is 5.32 Å². The third-order valence-corrected chi connectivity index (χ3v) is 3.75. The molecule has 0 aliphatic rings. The summed E-state index contributed by atoms with van der Waals surface area (Å²) in [5.74, 6) is -3.36. The molecule has 2 aromatic rings. The minimum absolute atomic E-state index is 0.0695. The molecule has 2 rings (SSSR count). The molecule has 0 unspecified atom stereocenters. The molecule has 0 aliphatic heterocycles. The van der Waals surface area contributed by atoms with Gasteiger partial charge in [-0.25, -0.2) is 8.78 Å². The SMILES string of the molecule is CN(CC(=O)Nc1c(Cl)cccc1Cl)C(=O)c1ccc(F)c(F)c1. The van der Waals surface area contributed by atoms with Crippen LogP contribution in [0, 0.1) is 11.6 Å². The summed E-state index contributed by atoms with van der Waals surface area (Å²) in [7, 11) is 1.36. The quantitative estimate of drug-likeness (QED) is 0.882. The number of carbonyl (C=O) groups is 2. The number of hydrogen-bond donors (Lipinski definition) is 1. The average molecular weight is 373 g/mol. The highest BCUT2D eigenvalue weighted by Crippen LogP contribution is 2.29. The molecule has 24 heavy (non-hydrogen) atoms. The van der Waals surface area contributed by atoms with Gasteiger partial charge in [0.1, 0.15) is 0 Å². The largest absolute Gasteiger partial charge is 0.332 e. The topological polar surface area (TPSA) is 49.4 Å². The van der Waals surface area contributed by atoms with Gasteiger partial charge >= 0.3 is 0 Å². The number of hydrogen-bond acceptors (Lipinski definition) is 2. The summed E-state index contributed by atoms with van der Waals surface area (Å²) >= 11 is 11.9. The molecule has 0 spiro atoms. The van der Waals surface area contributed by atoms with Gasteiger partial charge in [-0.05, 0) is 30.3 Å². The summed E-state index contributed by atoms with van der Waals surface area (Å²) < 4.78 is 26.1. The van der Waals surface area contributed by atoms with E-state index in [0.717, 1.165) is 23.1 Å². The molecule has 0 radical (unpaired) electrons. The molecule has 8 heteroatoms. The Morgan fingerprint density at radius 3 is 2.29 bits per heavy atom. The summed E-state index contributed by atoms with van der Waals surface area (Å²) in [5, 5.41) is 3.02. The van der Waals surface area contributed by atoms with Crippen molar-refractivity contribution in [3.05, 3.63) is 63.6 Å². The number of carbonyl (C=O) groups excluding carboxylic acids is 2. The van der Waals surface area contributed by atoms with E-state index in [-0.39, 0.29) is 27.8 Å². The van der Waals surface area contributed by atoms with Gasteiger partial charge in [-0.15, -0.1) is 0 Å². The molecule has 0 heterocycles. The van der Waals surface area contributed by atoms with Gasteiger partial charge in [0.15, 0.2) is 11.6 Å². The molecule has 0 fully saturated rings. The lowest BCUT2D eigenvalue weighted by Crippen LogP contribution is -2.35. The number of nitrogens with zero attached hydrogens (tertiary/aromatic N) is 1. The number of anilines is 1. The van der Waals surface area contributed by atoms with E-state index in [9.17, 15) is 18.4 Å². The number of amides is 2. The van der Waals surface area contributed by atoms with Crippen LogP contribution >= 0.6 is 23.2 Å². The summed E-state index contributed by atoms with van der Waals surface area (Å²) in [5.41, 5.74) is 0.166. The van der Waals surface area contributed by atoms with Crippen LogP contribution in [0.4, 0.5) is 14.5 Å². The Labute approximate surface area is 147 Å². The van der Waals surface area contributed by atoms with Gasteiger partial charge in [0.05, 0.1) is 22.3 Å². The maximum absolute atomic E-state index is 13.2. The molecule has 1 N–H and O–H groups in total. The fourth-order valence-electron chi connectivity index (χ4n) is 1.93. The van der Waals surface area contributed by atoms with Gasteiger partial charge < -0.3 is 10.2 Å². The second-order valence-electron chi connectivity index (χ2n) is 4.93. The normalized spacial score (nSPS) is 10.4. The van der Waals surface area contributed by atoms with Gasteiger partial charge in [0.25, 0.3) is 5.91 Å². The van der Waals surface area contributed by atoms with Gasteiger partial charge in [0.2, 0.25) is 5.91 Å². The smallest absolute Gasteiger partial charge is 0.254 e. The molecule has 0 aromatic heterocycles. The molecule has 0 aliphatic carbocycles. The Morgan fingerprint density at radius 2 is 1.71 bits per heavy atom. The van der Waals surface area contributed by atoms with E-state index in [0.29, 0.717) is 0 Å². The average Bonchev–Trinajstić information content (AvgIpc) is 2.53. The van der Waals surface area contributed by atoms with Crippen LogP contribution in [0.15, 0.2) is 36.4 Å². The van der Waals surface area contributed by atoms with E-state index in [4.69, 9.17) is 23.2 Å². The molecule has 0 bridgehead atoms. The number of para-hydroxylation sites is 1. The van der Waals surface area contributed by atoms with E-state index in [1.54, 1.807) is 18.2 Å². The van der Waals surface area contributed by atoms with Crippen LogP contribution in [0.2, 0.25) is 10.0 Å². The zero-order valence-corrected chi connectivity index (χ0v) is 14.0. The lowest BCUT2D eigenvalue weighted by Gasteiger charge is -2.17. The van der Waals surface area contributed by atoms with Crippen LogP contribution in [0.25, 0.3) is 0 Å². The maximum Gasteiger partial charge on any atom is 0.254 e. The van der Waals surface area contributed by atoms with E-state index in [2.05, 4.69) is 5.32 Å². The van der Waals surface area contributed by atoms with Crippen molar-refractivity contribution in [1.82, 2.24) is 4.90 Å². The fourth-order valence-corrected chi connectivity index (χ4v) is 2.42. The second kappa shape index (κ2) is 7.59. The molecule has 2 aromatic carbocycles. The van der Waals surface area contributed by atoms with Gasteiger partial charge in [-0.3, -0.25) is 9.59 Å². The third kappa shape index (κ3) is 4.21. The van der Waals surface area contributed by atoms with E-state index in [1.165, 1.54) is 7.05 Å². The van der Waals surface area contributed by atoms with Gasteiger partial charge in [-0.1, -0.05) is 29.3 Å². The molecule has 0 saturated heterocycles. The number of benzene rings is 2. The van der Waals surface area contributed by atoms with Crippen LogP contribution in [0.3, 0.4) is 0 Å². The Hall–Kier alpha value is -2.18. The molecule has 0 saturated carbocycles. The van der Waals surface area contributed by atoms with Crippen LogP contribution in [-0.4, -0.2) is 30.3 Å². The molecule has 4 nitrogen and oxygen atoms in total. The minimum Gasteiger partial charge on any atom is -0.332 e. The second-order valence-corrected chi connectivity index (χ2v) is 5.75. The molecular weight excluding hydrogens is 361 g/mol. The van der Waals surface area contributed by atoms with Crippen molar-refractivity contribution in [2.75, 3.05) is 18.9 Å².